The standard InChI is InChI=1S/C17H22N4O2/c1-12(2)8-10-18-17-19-11-9-15(21-17)20-14-6-4-13(5-7-14)16(22)23-3/h4-7,9,11-12H,8,10H2,1-3H3,(H2,18,19,20,21). The fourth-order valence-corrected chi connectivity index (χ4v) is 1.94. The Morgan fingerprint density at radius 1 is 1.22 bits per heavy atom. The van der Waals surface area contributed by atoms with Crippen molar-refractivity contribution in [3.63, 3.8) is 0 Å². The summed E-state index contributed by atoms with van der Waals surface area (Å²) in [6.07, 6.45) is 2.77. The Morgan fingerprint density at radius 2 is 1.96 bits per heavy atom. The Balaban J connectivity index is 1.98. The third kappa shape index (κ3) is 5.25. The maximum Gasteiger partial charge on any atom is 0.337 e. The van der Waals surface area contributed by atoms with E-state index in [1.807, 2.05) is 0 Å². The highest BCUT2D eigenvalue weighted by atomic mass is 16.5. The summed E-state index contributed by atoms with van der Waals surface area (Å²) in [7, 11) is 1.36. The SMILES string of the molecule is COC(=O)c1ccc(Nc2ccnc(NCCC(C)C)n2)cc1. The normalized spacial score (nSPS) is 10.4. The summed E-state index contributed by atoms with van der Waals surface area (Å²) in [6.45, 7) is 5.20. The first kappa shape index (κ1) is 16.7. The second-order valence-corrected chi connectivity index (χ2v) is 5.57. The Labute approximate surface area is 136 Å². The minimum atomic E-state index is -0.352. The first-order chi connectivity index (χ1) is 11.1. The van der Waals surface area contributed by atoms with E-state index in [0.717, 1.165) is 18.7 Å². The van der Waals surface area contributed by atoms with Crippen LogP contribution in [0.3, 0.4) is 0 Å². The largest absolute Gasteiger partial charge is 0.465 e. The summed E-state index contributed by atoms with van der Waals surface area (Å²) in [5.74, 6) is 1.58. The number of nitrogens with zero attached hydrogens (tertiary/aromatic N) is 2. The molecule has 0 saturated carbocycles. The molecule has 0 atom stereocenters. The van der Waals surface area contributed by atoms with Gasteiger partial charge in [-0.3, -0.25) is 0 Å². The van der Waals surface area contributed by atoms with E-state index in [1.54, 1.807) is 36.5 Å². The lowest BCUT2D eigenvalue weighted by molar-refractivity contribution is 0.0601. The lowest BCUT2D eigenvalue weighted by Gasteiger charge is -2.09. The molecule has 0 spiro atoms. The van der Waals surface area contributed by atoms with E-state index >= 15 is 0 Å². The highest BCUT2D eigenvalue weighted by Crippen LogP contribution is 2.16. The fourth-order valence-electron chi connectivity index (χ4n) is 1.94. The molecule has 0 amide bonds. The summed E-state index contributed by atoms with van der Waals surface area (Å²) in [4.78, 5) is 20.0. The van der Waals surface area contributed by atoms with Gasteiger partial charge in [-0.25, -0.2) is 9.78 Å². The van der Waals surface area contributed by atoms with Crippen molar-refractivity contribution >= 4 is 23.4 Å². The van der Waals surface area contributed by atoms with Crippen LogP contribution >= 0.6 is 0 Å². The third-order valence-electron chi connectivity index (χ3n) is 3.24. The molecular weight excluding hydrogens is 292 g/mol. The molecule has 0 unspecified atom stereocenters. The molecule has 6 nitrogen and oxygen atoms in total. The third-order valence-corrected chi connectivity index (χ3v) is 3.24. The van der Waals surface area contributed by atoms with Crippen LogP contribution in [0.25, 0.3) is 0 Å². The topological polar surface area (TPSA) is 76.1 Å². The van der Waals surface area contributed by atoms with Gasteiger partial charge in [0.1, 0.15) is 5.82 Å². The lowest BCUT2D eigenvalue weighted by Crippen LogP contribution is -2.08. The minimum absolute atomic E-state index is 0.352. The monoisotopic (exact) mass is 314 g/mol. The van der Waals surface area contributed by atoms with Gasteiger partial charge < -0.3 is 15.4 Å². The zero-order valence-corrected chi connectivity index (χ0v) is 13.7. The molecule has 6 heteroatoms. The van der Waals surface area contributed by atoms with Gasteiger partial charge in [0.15, 0.2) is 0 Å². The molecule has 1 heterocycles. The van der Waals surface area contributed by atoms with Crippen LogP contribution in [-0.2, 0) is 4.74 Å². The molecule has 0 aliphatic rings. The second kappa shape index (κ2) is 8.12. The van der Waals surface area contributed by atoms with Crippen molar-refractivity contribution in [3.8, 4) is 0 Å². The minimum Gasteiger partial charge on any atom is -0.465 e. The van der Waals surface area contributed by atoms with Crippen LogP contribution < -0.4 is 10.6 Å². The Morgan fingerprint density at radius 3 is 2.61 bits per heavy atom. The maximum atomic E-state index is 11.4. The molecule has 1 aromatic carbocycles. The number of anilines is 3. The van der Waals surface area contributed by atoms with Gasteiger partial charge in [0.05, 0.1) is 12.7 Å². The molecule has 2 N–H and O–H groups in total. The van der Waals surface area contributed by atoms with Gasteiger partial charge in [0.25, 0.3) is 0 Å². The van der Waals surface area contributed by atoms with E-state index < -0.39 is 0 Å². The van der Waals surface area contributed by atoms with Crippen molar-refractivity contribution in [1.29, 1.82) is 0 Å². The van der Waals surface area contributed by atoms with E-state index in [4.69, 9.17) is 0 Å². The number of hydrogen-bond donors (Lipinski definition) is 2. The molecule has 0 fully saturated rings. The number of hydrogen-bond acceptors (Lipinski definition) is 6. The van der Waals surface area contributed by atoms with Crippen LogP contribution in [0.5, 0.6) is 0 Å². The summed E-state index contributed by atoms with van der Waals surface area (Å²) in [5.41, 5.74) is 1.35. The zero-order valence-electron chi connectivity index (χ0n) is 13.7. The van der Waals surface area contributed by atoms with Crippen LogP contribution in [0.2, 0.25) is 0 Å². The van der Waals surface area contributed by atoms with Crippen LogP contribution in [0, 0.1) is 5.92 Å². The number of benzene rings is 1. The van der Waals surface area contributed by atoms with Gasteiger partial charge in [-0.1, -0.05) is 13.8 Å². The van der Waals surface area contributed by atoms with Gasteiger partial charge >= 0.3 is 5.97 Å². The van der Waals surface area contributed by atoms with E-state index in [-0.39, 0.29) is 5.97 Å². The molecule has 122 valence electrons. The summed E-state index contributed by atoms with van der Waals surface area (Å²) in [6, 6.07) is 8.82. The van der Waals surface area contributed by atoms with Crippen molar-refractivity contribution in [3.05, 3.63) is 42.1 Å². The number of carbonyl (C=O) groups is 1. The quantitative estimate of drug-likeness (QED) is 0.762. The molecular formula is C17H22N4O2. The van der Waals surface area contributed by atoms with Gasteiger partial charge in [-0.15, -0.1) is 0 Å². The number of rotatable bonds is 7. The fraction of sp³-hybridized carbons (Fsp3) is 0.353. The van der Waals surface area contributed by atoms with Gasteiger partial charge in [-0.05, 0) is 42.7 Å². The van der Waals surface area contributed by atoms with Gasteiger partial charge in [0.2, 0.25) is 5.95 Å². The molecule has 0 aliphatic carbocycles. The molecule has 2 aromatic rings. The predicted molar refractivity (Wildman–Crippen MR) is 91.0 cm³/mol. The number of nitrogens with one attached hydrogen (secondary N) is 2. The smallest absolute Gasteiger partial charge is 0.337 e. The van der Waals surface area contributed by atoms with Crippen LogP contribution in [0.1, 0.15) is 30.6 Å². The number of aromatic nitrogens is 2. The molecule has 0 saturated heterocycles. The molecule has 2 rings (SSSR count). The van der Waals surface area contributed by atoms with E-state index in [9.17, 15) is 4.79 Å². The second-order valence-electron chi connectivity index (χ2n) is 5.57. The zero-order chi connectivity index (χ0) is 16.7. The lowest BCUT2D eigenvalue weighted by atomic mass is 10.1. The first-order valence-corrected chi connectivity index (χ1v) is 7.61. The predicted octanol–water partition coefficient (Wildman–Crippen LogP) is 3.46. The Kier molecular flexibility index (Phi) is 5.91. The number of methoxy groups -OCH3 is 1. The summed E-state index contributed by atoms with van der Waals surface area (Å²) in [5, 5.41) is 6.39. The van der Waals surface area contributed by atoms with Crippen molar-refractivity contribution in [1.82, 2.24) is 9.97 Å². The Hall–Kier alpha value is -2.63. The van der Waals surface area contributed by atoms with Gasteiger partial charge in [-0.2, -0.15) is 4.98 Å². The number of carbonyl (C=O) groups excluding carboxylic acids is 1. The Bertz CT molecular complexity index is 641. The van der Waals surface area contributed by atoms with E-state index in [2.05, 4.69) is 39.2 Å². The van der Waals surface area contributed by atoms with E-state index in [0.29, 0.717) is 23.2 Å². The molecule has 0 radical (unpaired) electrons. The maximum absolute atomic E-state index is 11.4. The molecule has 0 aliphatic heterocycles. The number of ether oxygens (including phenoxy) is 1. The summed E-state index contributed by atoms with van der Waals surface area (Å²) < 4.78 is 4.68. The van der Waals surface area contributed by atoms with Crippen LogP contribution in [0.4, 0.5) is 17.5 Å². The molecule has 23 heavy (non-hydrogen) atoms. The van der Waals surface area contributed by atoms with Crippen molar-refractivity contribution in [2.45, 2.75) is 20.3 Å². The van der Waals surface area contributed by atoms with Crippen LogP contribution in [0.15, 0.2) is 36.5 Å². The molecule has 0 bridgehead atoms. The van der Waals surface area contributed by atoms with Gasteiger partial charge in [0, 0.05) is 18.4 Å². The van der Waals surface area contributed by atoms with Crippen molar-refractivity contribution in [2.75, 3.05) is 24.3 Å². The average molecular weight is 314 g/mol. The molecule has 1 aromatic heterocycles. The summed E-state index contributed by atoms with van der Waals surface area (Å²) >= 11 is 0. The van der Waals surface area contributed by atoms with Crippen molar-refractivity contribution in [2.24, 2.45) is 5.92 Å². The van der Waals surface area contributed by atoms with Crippen molar-refractivity contribution < 1.29 is 9.53 Å². The highest BCUT2D eigenvalue weighted by molar-refractivity contribution is 5.89. The van der Waals surface area contributed by atoms with E-state index in [1.165, 1.54) is 7.11 Å². The highest BCUT2D eigenvalue weighted by Gasteiger charge is 2.05. The number of esters is 1. The average Bonchev–Trinajstić information content (AvgIpc) is 2.55. The van der Waals surface area contributed by atoms with Crippen LogP contribution in [-0.4, -0.2) is 29.6 Å². The first-order valence-electron chi connectivity index (χ1n) is 7.61.